The summed E-state index contributed by atoms with van der Waals surface area (Å²) in [7, 11) is 0. The van der Waals surface area contributed by atoms with E-state index < -0.39 is 0 Å². The molecule has 78 valence electrons. The Hall–Kier alpha value is -0.890. The molecule has 15 heavy (non-hydrogen) atoms. The number of rotatable bonds is 3. The molecule has 0 unspecified atom stereocenters. The summed E-state index contributed by atoms with van der Waals surface area (Å²) in [4.78, 5) is 4.41. The Morgan fingerprint density at radius 2 is 2.07 bits per heavy atom. The van der Waals surface area contributed by atoms with E-state index in [0.29, 0.717) is 0 Å². The van der Waals surface area contributed by atoms with Crippen molar-refractivity contribution < 1.29 is 0 Å². The van der Waals surface area contributed by atoms with Crippen molar-refractivity contribution in [3.05, 3.63) is 40.5 Å². The highest BCUT2D eigenvalue weighted by molar-refractivity contribution is 9.10. The van der Waals surface area contributed by atoms with Crippen LogP contribution in [-0.4, -0.2) is 4.98 Å². The normalized spacial score (nSPS) is 10.8. The third-order valence-electron chi connectivity index (χ3n) is 2.54. The summed E-state index contributed by atoms with van der Waals surface area (Å²) in [6.07, 6.45) is 3.68. The smallest absolute Gasteiger partial charge is 0.106 e. The van der Waals surface area contributed by atoms with E-state index >= 15 is 0 Å². The number of aryl methyl sites for hydroxylation is 1. The van der Waals surface area contributed by atoms with E-state index in [-0.39, 0.29) is 0 Å². The molecule has 2 heteroatoms. The first kappa shape index (κ1) is 10.6. The topological polar surface area (TPSA) is 12.9 Å². The third kappa shape index (κ3) is 2.57. The molecule has 1 aromatic heterocycles. The summed E-state index contributed by atoms with van der Waals surface area (Å²) in [5.41, 5.74) is 2.47. The summed E-state index contributed by atoms with van der Waals surface area (Å²) < 4.78 is 0.899. The maximum absolute atomic E-state index is 4.41. The van der Waals surface area contributed by atoms with E-state index in [1.54, 1.807) is 0 Å². The molecule has 0 atom stereocenters. The van der Waals surface area contributed by atoms with Gasteiger partial charge in [0.1, 0.15) is 4.60 Å². The second kappa shape index (κ2) is 4.75. The van der Waals surface area contributed by atoms with Gasteiger partial charge in [-0.3, -0.25) is 0 Å². The summed E-state index contributed by atoms with van der Waals surface area (Å²) in [6.45, 7) is 2.22. The standard InChI is InChI=1S/C13H14BrN/c1-2-3-4-10-5-7-12-11(9-10)6-8-13(14)15-12/h5-9H,2-4H2,1H3. The van der Waals surface area contributed by atoms with Gasteiger partial charge in [-0.25, -0.2) is 4.98 Å². The van der Waals surface area contributed by atoms with E-state index in [0.717, 1.165) is 10.1 Å². The number of unbranched alkanes of at least 4 members (excludes halogenated alkanes) is 1. The van der Waals surface area contributed by atoms with Crippen molar-refractivity contribution >= 4 is 26.8 Å². The predicted octanol–water partition coefficient (Wildman–Crippen LogP) is 4.34. The van der Waals surface area contributed by atoms with Gasteiger partial charge in [0.2, 0.25) is 0 Å². The fourth-order valence-electron chi connectivity index (χ4n) is 1.69. The SMILES string of the molecule is CCCCc1ccc2nc(Br)ccc2c1. The first-order valence-electron chi connectivity index (χ1n) is 5.35. The molecule has 2 rings (SSSR count). The molecule has 0 saturated heterocycles. The fourth-order valence-corrected chi connectivity index (χ4v) is 2.01. The quantitative estimate of drug-likeness (QED) is 0.751. The Morgan fingerprint density at radius 3 is 2.87 bits per heavy atom. The van der Waals surface area contributed by atoms with Crippen LogP contribution in [0.3, 0.4) is 0 Å². The summed E-state index contributed by atoms with van der Waals surface area (Å²) in [5, 5.41) is 1.23. The molecule has 2 aromatic rings. The van der Waals surface area contributed by atoms with Crippen LogP contribution >= 0.6 is 15.9 Å². The Bertz CT molecular complexity index is 465. The van der Waals surface area contributed by atoms with Gasteiger partial charge in [0.25, 0.3) is 0 Å². The number of aromatic nitrogens is 1. The molecular formula is C13H14BrN. The first-order valence-corrected chi connectivity index (χ1v) is 6.14. The first-order chi connectivity index (χ1) is 7.29. The largest absolute Gasteiger partial charge is 0.241 e. The van der Waals surface area contributed by atoms with Crippen molar-refractivity contribution in [2.75, 3.05) is 0 Å². The molecule has 0 spiro atoms. The number of pyridine rings is 1. The van der Waals surface area contributed by atoms with Crippen LogP contribution in [-0.2, 0) is 6.42 Å². The summed E-state index contributed by atoms with van der Waals surface area (Å²) in [5.74, 6) is 0. The van der Waals surface area contributed by atoms with Crippen LogP contribution < -0.4 is 0 Å². The summed E-state index contributed by atoms with van der Waals surface area (Å²) in [6, 6.07) is 10.6. The molecule has 0 radical (unpaired) electrons. The second-order valence-corrected chi connectivity index (χ2v) is 4.58. The van der Waals surface area contributed by atoms with Gasteiger partial charge < -0.3 is 0 Å². The van der Waals surface area contributed by atoms with E-state index in [1.807, 2.05) is 6.07 Å². The molecule has 1 heterocycles. The summed E-state index contributed by atoms with van der Waals surface area (Å²) >= 11 is 3.38. The molecule has 1 nitrogen and oxygen atoms in total. The van der Waals surface area contributed by atoms with Crippen LogP contribution in [0.15, 0.2) is 34.9 Å². The number of benzene rings is 1. The van der Waals surface area contributed by atoms with Gasteiger partial charge in [-0.15, -0.1) is 0 Å². The van der Waals surface area contributed by atoms with Crippen molar-refractivity contribution in [1.29, 1.82) is 0 Å². The average Bonchev–Trinajstić information content (AvgIpc) is 2.26. The van der Waals surface area contributed by atoms with Gasteiger partial charge in [-0.2, -0.15) is 0 Å². The number of fused-ring (bicyclic) bond motifs is 1. The molecule has 0 aliphatic carbocycles. The molecule has 0 bridgehead atoms. The lowest BCUT2D eigenvalue weighted by Crippen LogP contribution is -1.86. The molecular weight excluding hydrogens is 250 g/mol. The minimum absolute atomic E-state index is 0.899. The molecule has 0 saturated carbocycles. The number of nitrogens with zero attached hydrogens (tertiary/aromatic N) is 1. The van der Waals surface area contributed by atoms with Crippen LogP contribution in [0, 0.1) is 0 Å². The van der Waals surface area contributed by atoms with Gasteiger partial charge in [0.15, 0.2) is 0 Å². The zero-order valence-electron chi connectivity index (χ0n) is 8.83. The Balaban J connectivity index is 2.34. The van der Waals surface area contributed by atoms with Crippen molar-refractivity contribution in [3.8, 4) is 0 Å². The third-order valence-corrected chi connectivity index (χ3v) is 2.98. The maximum Gasteiger partial charge on any atom is 0.106 e. The Kier molecular flexibility index (Phi) is 3.37. The van der Waals surface area contributed by atoms with E-state index in [9.17, 15) is 0 Å². The van der Waals surface area contributed by atoms with Crippen LogP contribution in [0.1, 0.15) is 25.3 Å². The van der Waals surface area contributed by atoms with Crippen LogP contribution in [0.5, 0.6) is 0 Å². The van der Waals surface area contributed by atoms with Gasteiger partial charge in [0.05, 0.1) is 5.52 Å². The van der Waals surface area contributed by atoms with Crippen LogP contribution in [0.4, 0.5) is 0 Å². The molecule has 0 amide bonds. The van der Waals surface area contributed by atoms with Crippen LogP contribution in [0.2, 0.25) is 0 Å². The molecule has 1 aromatic carbocycles. The number of halogens is 1. The Labute approximate surface area is 98.7 Å². The molecule has 0 aliphatic rings. The highest BCUT2D eigenvalue weighted by Crippen LogP contribution is 2.18. The lowest BCUT2D eigenvalue weighted by Gasteiger charge is -2.02. The number of hydrogen-bond donors (Lipinski definition) is 0. The second-order valence-electron chi connectivity index (χ2n) is 3.76. The van der Waals surface area contributed by atoms with Crippen molar-refractivity contribution in [3.63, 3.8) is 0 Å². The zero-order valence-corrected chi connectivity index (χ0v) is 10.4. The maximum atomic E-state index is 4.41. The van der Waals surface area contributed by atoms with E-state index in [2.05, 4.69) is 52.1 Å². The van der Waals surface area contributed by atoms with Crippen molar-refractivity contribution in [2.24, 2.45) is 0 Å². The number of hydrogen-bond acceptors (Lipinski definition) is 1. The predicted molar refractivity (Wildman–Crippen MR) is 68.1 cm³/mol. The van der Waals surface area contributed by atoms with Crippen molar-refractivity contribution in [2.45, 2.75) is 26.2 Å². The van der Waals surface area contributed by atoms with Crippen LogP contribution in [0.25, 0.3) is 10.9 Å². The lowest BCUT2D eigenvalue weighted by atomic mass is 10.1. The zero-order chi connectivity index (χ0) is 10.7. The molecule has 0 N–H and O–H groups in total. The van der Waals surface area contributed by atoms with Gasteiger partial charge in [0, 0.05) is 5.39 Å². The molecule has 0 fully saturated rings. The minimum Gasteiger partial charge on any atom is -0.241 e. The lowest BCUT2D eigenvalue weighted by molar-refractivity contribution is 0.796. The highest BCUT2D eigenvalue weighted by Gasteiger charge is 1.98. The van der Waals surface area contributed by atoms with Gasteiger partial charge >= 0.3 is 0 Å². The monoisotopic (exact) mass is 263 g/mol. The van der Waals surface area contributed by atoms with Gasteiger partial charge in [-0.05, 0) is 52.5 Å². The van der Waals surface area contributed by atoms with Gasteiger partial charge in [-0.1, -0.05) is 25.5 Å². The highest BCUT2D eigenvalue weighted by atomic mass is 79.9. The van der Waals surface area contributed by atoms with Crippen molar-refractivity contribution in [1.82, 2.24) is 4.98 Å². The van der Waals surface area contributed by atoms with E-state index in [1.165, 1.54) is 30.2 Å². The fraction of sp³-hybridized carbons (Fsp3) is 0.308. The Morgan fingerprint density at radius 1 is 1.20 bits per heavy atom. The average molecular weight is 264 g/mol. The minimum atomic E-state index is 0.899. The molecule has 0 aliphatic heterocycles. The van der Waals surface area contributed by atoms with E-state index in [4.69, 9.17) is 0 Å².